The molecule has 28 heavy (non-hydrogen) atoms. The SMILES string of the molecule is Cc1nc2c3ccccc3nn2c(C)c1CCC(=O)NC(CN)CC(C)C.Cl. The number of hydrogen-bond donors (Lipinski definition) is 2. The fourth-order valence-electron chi connectivity index (χ4n) is 3.66. The van der Waals surface area contributed by atoms with Gasteiger partial charge < -0.3 is 11.1 Å². The Morgan fingerprint density at radius 1 is 1.25 bits per heavy atom. The Balaban J connectivity index is 0.00000280. The van der Waals surface area contributed by atoms with Gasteiger partial charge in [-0.05, 0) is 50.3 Å². The zero-order valence-electron chi connectivity index (χ0n) is 17.0. The zero-order chi connectivity index (χ0) is 19.6. The van der Waals surface area contributed by atoms with Gasteiger partial charge in [0.15, 0.2) is 5.65 Å². The first-order chi connectivity index (χ1) is 12.9. The Labute approximate surface area is 172 Å². The van der Waals surface area contributed by atoms with Gasteiger partial charge in [-0.1, -0.05) is 26.0 Å². The van der Waals surface area contributed by atoms with E-state index in [0.717, 1.165) is 39.9 Å². The Bertz CT molecular complexity index is 966. The zero-order valence-corrected chi connectivity index (χ0v) is 17.8. The van der Waals surface area contributed by atoms with Crippen molar-refractivity contribution in [1.29, 1.82) is 0 Å². The van der Waals surface area contributed by atoms with Crippen molar-refractivity contribution < 1.29 is 4.79 Å². The quantitative estimate of drug-likeness (QED) is 0.633. The molecule has 1 aromatic carbocycles. The first kappa shape index (κ1) is 22.1. The lowest BCUT2D eigenvalue weighted by Gasteiger charge is -2.19. The molecular weight excluding hydrogens is 374 g/mol. The van der Waals surface area contributed by atoms with Crippen LogP contribution in [0, 0.1) is 19.8 Å². The third-order valence-corrected chi connectivity index (χ3v) is 5.03. The maximum Gasteiger partial charge on any atom is 0.220 e. The molecule has 1 unspecified atom stereocenters. The van der Waals surface area contributed by atoms with Crippen molar-refractivity contribution in [2.24, 2.45) is 11.7 Å². The normalized spacial score (nSPS) is 12.4. The number of nitrogens with two attached hydrogens (primary N) is 1. The highest BCUT2D eigenvalue weighted by Crippen LogP contribution is 2.22. The van der Waals surface area contributed by atoms with Gasteiger partial charge in [0.1, 0.15) is 0 Å². The topological polar surface area (TPSA) is 85.3 Å². The summed E-state index contributed by atoms with van der Waals surface area (Å²) in [5, 5.41) is 8.78. The molecule has 3 N–H and O–H groups in total. The second-order valence-electron chi connectivity index (χ2n) is 7.64. The highest BCUT2D eigenvalue weighted by molar-refractivity contribution is 5.92. The van der Waals surface area contributed by atoms with Crippen LogP contribution in [0.4, 0.5) is 0 Å². The lowest BCUT2D eigenvalue weighted by molar-refractivity contribution is -0.121. The number of halogens is 1. The third kappa shape index (κ3) is 4.62. The van der Waals surface area contributed by atoms with Crippen LogP contribution in [0.5, 0.6) is 0 Å². The number of benzene rings is 1. The number of carbonyl (C=O) groups is 1. The molecule has 0 saturated heterocycles. The standard InChI is InChI=1S/C21H29N5O.ClH/c1-13(2)11-16(12-22)24-20(27)10-9-17-14(3)23-21-18-7-5-6-8-19(18)25-26(21)15(17)4;/h5-8,13,16H,9-12,22H2,1-4H3,(H,24,27);1H. The number of aryl methyl sites for hydroxylation is 2. The average molecular weight is 404 g/mol. The van der Waals surface area contributed by atoms with Crippen molar-refractivity contribution in [2.45, 2.75) is 53.0 Å². The summed E-state index contributed by atoms with van der Waals surface area (Å²) in [5.74, 6) is 0.541. The van der Waals surface area contributed by atoms with Crippen LogP contribution in [0.1, 0.15) is 43.6 Å². The first-order valence-corrected chi connectivity index (χ1v) is 9.63. The van der Waals surface area contributed by atoms with Gasteiger partial charge in [-0.25, -0.2) is 9.50 Å². The Morgan fingerprint density at radius 2 is 1.96 bits per heavy atom. The minimum Gasteiger partial charge on any atom is -0.352 e. The van der Waals surface area contributed by atoms with E-state index in [1.54, 1.807) is 0 Å². The van der Waals surface area contributed by atoms with Crippen LogP contribution < -0.4 is 11.1 Å². The van der Waals surface area contributed by atoms with Gasteiger partial charge in [-0.3, -0.25) is 4.79 Å². The number of hydrogen-bond acceptors (Lipinski definition) is 4. The van der Waals surface area contributed by atoms with Gasteiger partial charge in [0.05, 0.1) is 5.52 Å². The fourth-order valence-corrected chi connectivity index (χ4v) is 3.66. The van der Waals surface area contributed by atoms with E-state index in [9.17, 15) is 4.79 Å². The van der Waals surface area contributed by atoms with Gasteiger partial charge in [0.25, 0.3) is 0 Å². The van der Waals surface area contributed by atoms with E-state index in [2.05, 4.69) is 24.3 Å². The van der Waals surface area contributed by atoms with Crippen molar-refractivity contribution in [3.8, 4) is 0 Å². The third-order valence-electron chi connectivity index (χ3n) is 5.03. The summed E-state index contributed by atoms with van der Waals surface area (Å²) in [6.45, 7) is 8.79. The van der Waals surface area contributed by atoms with E-state index in [1.807, 2.05) is 42.6 Å². The van der Waals surface area contributed by atoms with Gasteiger partial charge >= 0.3 is 0 Å². The largest absolute Gasteiger partial charge is 0.352 e. The molecule has 2 heterocycles. The number of carbonyl (C=O) groups excluding carboxylic acids is 1. The second kappa shape index (κ2) is 9.34. The lowest BCUT2D eigenvalue weighted by Crippen LogP contribution is -2.41. The maximum absolute atomic E-state index is 12.4. The first-order valence-electron chi connectivity index (χ1n) is 9.63. The van der Waals surface area contributed by atoms with E-state index in [-0.39, 0.29) is 24.4 Å². The minimum atomic E-state index is 0. The van der Waals surface area contributed by atoms with E-state index < -0.39 is 0 Å². The van der Waals surface area contributed by atoms with Crippen LogP contribution >= 0.6 is 12.4 Å². The number of amides is 1. The smallest absolute Gasteiger partial charge is 0.220 e. The predicted octanol–water partition coefficient (Wildman–Crippen LogP) is 3.34. The van der Waals surface area contributed by atoms with Crippen LogP contribution in [0.3, 0.4) is 0 Å². The molecule has 0 aliphatic heterocycles. The Hall–Kier alpha value is -2.18. The second-order valence-corrected chi connectivity index (χ2v) is 7.64. The number of nitrogens with zero attached hydrogens (tertiary/aromatic N) is 3. The summed E-state index contributed by atoms with van der Waals surface area (Å²) in [7, 11) is 0. The Kier molecular flexibility index (Phi) is 7.38. The molecule has 0 bridgehead atoms. The summed E-state index contributed by atoms with van der Waals surface area (Å²) in [4.78, 5) is 17.2. The van der Waals surface area contributed by atoms with Crippen molar-refractivity contribution in [2.75, 3.05) is 6.54 Å². The fraction of sp³-hybridized carbons (Fsp3) is 0.476. The number of aromatic nitrogens is 3. The van der Waals surface area contributed by atoms with Crippen molar-refractivity contribution >= 4 is 34.9 Å². The van der Waals surface area contributed by atoms with Crippen LogP contribution in [-0.4, -0.2) is 33.1 Å². The molecule has 0 spiro atoms. The van der Waals surface area contributed by atoms with E-state index in [0.29, 0.717) is 25.3 Å². The highest BCUT2D eigenvalue weighted by atomic mass is 35.5. The molecule has 1 atom stereocenters. The molecule has 0 fully saturated rings. The van der Waals surface area contributed by atoms with E-state index >= 15 is 0 Å². The van der Waals surface area contributed by atoms with Gasteiger partial charge in [0, 0.05) is 35.8 Å². The predicted molar refractivity (Wildman–Crippen MR) is 116 cm³/mol. The average Bonchev–Trinajstić information content (AvgIpc) is 2.99. The summed E-state index contributed by atoms with van der Waals surface area (Å²) < 4.78 is 1.90. The minimum absolute atomic E-state index is 0. The van der Waals surface area contributed by atoms with Crippen LogP contribution in [0.15, 0.2) is 24.3 Å². The van der Waals surface area contributed by atoms with Crippen molar-refractivity contribution in [3.05, 3.63) is 41.2 Å². The molecule has 0 aliphatic carbocycles. The lowest BCUT2D eigenvalue weighted by atomic mass is 10.0. The van der Waals surface area contributed by atoms with Crippen molar-refractivity contribution in [3.63, 3.8) is 0 Å². The summed E-state index contributed by atoms with van der Waals surface area (Å²) in [6.07, 6.45) is 1.96. The van der Waals surface area contributed by atoms with Gasteiger partial charge in [-0.2, -0.15) is 5.10 Å². The molecule has 3 rings (SSSR count). The van der Waals surface area contributed by atoms with Crippen molar-refractivity contribution in [1.82, 2.24) is 19.9 Å². The van der Waals surface area contributed by atoms with E-state index in [4.69, 9.17) is 10.7 Å². The molecule has 0 radical (unpaired) electrons. The van der Waals surface area contributed by atoms with Gasteiger partial charge in [0.2, 0.25) is 5.91 Å². The van der Waals surface area contributed by atoms with Crippen LogP contribution in [0.25, 0.3) is 16.6 Å². The molecule has 152 valence electrons. The Morgan fingerprint density at radius 3 is 2.64 bits per heavy atom. The molecule has 0 saturated carbocycles. The van der Waals surface area contributed by atoms with E-state index in [1.165, 1.54) is 0 Å². The highest BCUT2D eigenvalue weighted by Gasteiger charge is 2.16. The molecule has 7 heteroatoms. The summed E-state index contributed by atoms with van der Waals surface area (Å²) >= 11 is 0. The molecule has 1 amide bonds. The van der Waals surface area contributed by atoms with Crippen LogP contribution in [-0.2, 0) is 11.2 Å². The maximum atomic E-state index is 12.4. The summed E-state index contributed by atoms with van der Waals surface area (Å²) in [5.41, 5.74) is 10.7. The molecule has 2 aromatic heterocycles. The molecule has 0 aliphatic rings. The summed E-state index contributed by atoms with van der Waals surface area (Å²) in [6, 6.07) is 8.05. The number of fused-ring (bicyclic) bond motifs is 3. The monoisotopic (exact) mass is 403 g/mol. The molecular formula is C21H30ClN5O. The molecule has 3 aromatic rings. The molecule has 6 nitrogen and oxygen atoms in total. The number of nitrogens with one attached hydrogen (secondary N) is 1. The number of rotatable bonds is 7. The van der Waals surface area contributed by atoms with Gasteiger partial charge in [-0.15, -0.1) is 12.4 Å². The van der Waals surface area contributed by atoms with Crippen LogP contribution in [0.2, 0.25) is 0 Å².